The van der Waals surface area contributed by atoms with Crippen molar-refractivity contribution in [2.45, 2.75) is 23.7 Å². The van der Waals surface area contributed by atoms with Crippen LogP contribution >= 0.6 is 22.6 Å². The Kier molecular flexibility index (Phi) is 2.76. The summed E-state index contributed by atoms with van der Waals surface area (Å²) in [4.78, 5) is 0. The summed E-state index contributed by atoms with van der Waals surface area (Å²) in [6.07, 6.45) is 2.56. The molecule has 1 unspecified atom stereocenters. The van der Waals surface area contributed by atoms with Crippen LogP contribution in [0.1, 0.15) is 19.8 Å². The lowest BCUT2D eigenvalue weighted by Crippen LogP contribution is -2.39. The molecule has 0 amide bonds. The Morgan fingerprint density at radius 3 is 2.56 bits per heavy atom. The lowest BCUT2D eigenvalue weighted by atomic mass is 9.73. The van der Waals surface area contributed by atoms with Crippen molar-refractivity contribution >= 4 is 22.6 Å². The van der Waals surface area contributed by atoms with Gasteiger partial charge in [-0.1, -0.05) is 35.9 Å². The number of aliphatic hydroxyl groups is 1. The van der Waals surface area contributed by atoms with Crippen LogP contribution in [0.4, 0.5) is 0 Å². The smallest absolute Gasteiger partial charge is 0.0471 e. The molecule has 3 atom stereocenters. The zero-order chi connectivity index (χ0) is 6.85. The highest BCUT2D eigenvalue weighted by molar-refractivity contribution is 14.1. The number of aliphatic hydroxyl groups excluding tert-OH is 1. The van der Waals surface area contributed by atoms with E-state index in [1.54, 1.807) is 0 Å². The standard InChI is InChI=1S/C7H13IO/c1-2-5-3-7(8)6(5)4-9/h5-7,9H,2-4H2,1H3/t5-,6+,7?/m0/s1. The Labute approximate surface area is 70.0 Å². The van der Waals surface area contributed by atoms with Crippen molar-refractivity contribution in [3.63, 3.8) is 0 Å². The first-order valence-corrected chi connectivity index (χ1v) is 4.79. The van der Waals surface area contributed by atoms with Crippen LogP contribution in [0, 0.1) is 11.8 Å². The molecule has 1 rings (SSSR count). The Morgan fingerprint density at radius 1 is 1.67 bits per heavy atom. The van der Waals surface area contributed by atoms with E-state index in [2.05, 4.69) is 29.5 Å². The van der Waals surface area contributed by atoms with Gasteiger partial charge in [0.05, 0.1) is 0 Å². The van der Waals surface area contributed by atoms with Crippen molar-refractivity contribution in [1.29, 1.82) is 0 Å². The molecule has 1 saturated carbocycles. The fourth-order valence-electron chi connectivity index (χ4n) is 1.47. The first-order chi connectivity index (χ1) is 4.29. The van der Waals surface area contributed by atoms with Gasteiger partial charge in [0, 0.05) is 10.5 Å². The zero-order valence-electron chi connectivity index (χ0n) is 5.68. The summed E-state index contributed by atoms with van der Waals surface area (Å²) < 4.78 is 0.748. The largest absolute Gasteiger partial charge is 0.396 e. The normalized spacial score (nSPS) is 42.3. The summed E-state index contributed by atoms with van der Waals surface area (Å²) in [7, 11) is 0. The molecule has 9 heavy (non-hydrogen) atoms. The van der Waals surface area contributed by atoms with Gasteiger partial charge >= 0.3 is 0 Å². The van der Waals surface area contributed by atoms with Gasteiger partial charge in [-0.05, 0) is 18.3 Å². The molecule has 2 heteroatoms. The Morgan fingerprint density at radius 2 is 2.33 bits per heavy atom. The molecule has 1 aliphatic rings. The lowest BCUT2D eigenvalue weighted by Gasteiger charge is -2.40. The minimum Gasteiger partial charge on any atom is -0.396 e. The molecular weight excluding hydrogens is 227 g/mol. The molecule has 0 aromatic carbocycles. The number of hydrogen-bond acceptors (Lipinski definition) is 1. The second-order valence-corrected chi connectivity index (χ2v) is 4.37. The van der Waals surface area contributed by atoms with Crippen LogP contribution < -0.4 is 0 Å². The highest BCUT2D eigenvalue weighted by Crippen LogP contribution is 2.41. The molecule has 1 fully saturated rings. The Hall–Kier alpha value is 0.690. The third-order valence-electron chi connectivity index (χ3n) is 2.33. The maximum absolute atomic E-state index is 8.85. The maximum Gasteiger partial charge on any atom is 0.0471 e. The number of hydrogen-bond donors (Lipinski definition) is 1. The van der Waals surface area contributed by atoms with E-state index < -0.39 is 0 Å². The fraction of sp³-hybridized carbons (Fsp3) is 1.00. The molecule has 0 saturated heterocycles. The van der Waals surface area contributed by atoms with E-state index in [0.717, 1.165) is 9.84 Å². The highest BCUT2D eigenvalue weighted by atomic mass is 127. The molecule has 0 aliphatic heterocycles. The molecule has 0 aromatic rings. The van der Waals surface area contributed by atoms with E-state index in [-0.39, 0.29) is 0 Å². The Bertz CT molecular complexity index is 94.9. The molecule has 54 valence electrons. The third kappa shape index (κ3) is 1.40. The van der Waals surface area contributed by atoms with Crippen LogP contribution in [-0.2, 0) is 0 Å². The molecular formula is C7H13IO. The van der Waals surface area contributed by atoms with Gasteiger partial charge in [-0.25, -0.2) is 0 Å². The molecule has 0 heterocycles. The van der Waals surface area contributed by atoms with Gasteiger partial charge in [-0.2, -0.15) is 0 Å². The van der Waals surface area contributed by atoms with Crippen molar-refractivity contribution < 1.29 is 5.11 Å². The first kappa shape index (κ1) is 7.79. The molecule has 1 nitrogen and oxygen atoms in total. The Balaban J connectivity index is 2.29. The molecule has 1 aliphatic carbocycles. The second-order valence-electron chi connectivity index (χ2n) is 2.77. The summed E-state index contributed by atoms with van der Waals surface area (Å²) in [6, 6.07) is 0. The third-order valence-corrected chi connectivity index (χ3v) is 3.77. The summed E-state index contributed by atoms with van der Waals surface area (Å²) in [5.74, 6) is 1.42. The average molecular weight is 240 g/mol. The van der Waals surface area contributed by atoms with Crippen molar-refractivity contribution in [2.24, 2.45) is 11.8 Å². The van der Waals surface area contributed by atoms with Crippen LogP contribution in [-0.4, -0.2) is 15.6 Å². The summed E-state index contributed by atoms with van der Waals surface area (Å²) >= 11 is 2.43. The molecule has 0 bridgehead atoms. The topological polar surface area (TPSA) is 20.2 Å². The van der Waals surface area contributed by atoms with Crippen molar-refractivity contribution in [2.75, 3.05) is 6.61 Å². The van der Waals surface area contributed by atoms with E-state index in [9.17, 15) is 0 Å². The zero-order valence-corrected chi connectivity index (χ0v) is 7.84. The number of rotatable bonds is 2. The van der Waals surface area contributed by atoms with Crippen molar-refractivity contribution in [3.05, 3.63) is 0 Å². The summed E-state index contributed by atoms with van der Waals surface area (Å²) in [6.45, 7) is 2.60. The van der Waals surface area contributed by atoms with Crippen molar-refractivity contribution in [1.82, 2.24) is 0 Å². The summed E-state index contributed by atoms with van der Waals surface area (Å²) in [5.41, 5.74) is 0. The van der Waals surface area contributed by atoms with Gasteiger partial charge in [0.15, 0.2) is 0 Å². The van der Waals surface area contributed by atoms with Gasteiger partial charge in [-0.15, -0.1) is 0 Å². The maximum atomic E-state index is 8.85. The van der Waals surface area contributed by atoms with Gasteiger partial charge < -0.3 is 5.11 Å². The van der Waals surface area contributed by atoms with Crippen LogP contribution in [0.3, 0.4) is 0 Å². The van der Waals surface area contributed by atoms with Gasteiger partial charge in [-0.3, -0.25) is 0 Å². The minimum atomic E-state index is 0.395. The van der Waals surface area contributed by atoms with Crippen LogP contribution in [0.15, 0.2) is 0 Å². The van der Waals surface area contributed by atoms with E-state index in [4.69, 9.17) is 5.11 Å². The van der Waals surface area contributed by atoms with Crippen molar-refractivity contribution in [3.8, 4) is 0 Å². The van der Waals surface area contributed by atoms with Crippen LogP contribution in [0.2, 0.25) is 0 Å². The van der Waals surface area contributed by atoms with E-state index in [1.807, 2.05) is 0 Å². The van der Waals surface area contributed by atoms with Crippen LogP contribution in [0.5, 0.6) is 0 Å². The molecule has 0 aromatic heterocycles. The van der Waals surface area contributed by atoms with Crippen LogP contribution in [0.25, 0.3) is 0 Å². The van der Waals surface area contributed by atoms with E-state index in [0.29, 0.717) is 12.5 Å². The number of alkyl halides is 1. The second kappa shape index (κ2) is 3.19. The van der Waals surface area contributed by atoms with Gasteiger partial charge in [0.25, 0.3) is 0 Å². The first-order valence-electron chi connectivity index (χ1n) is 3.54. The molecule has 1 N–H and O–H groups in total. The highest BCUT2D eigenvalue weighted by Gasteiger charge is 2.36. The number of halogens is 1. The lowest BCUT2D eigenvalue weighted by molar-refractivity contribution is 0.103. The van der Waals surface area contributed by atoms with E-state index in [1.165, 1.54) is 12.8 Å². The quantitative estimate of drug-likeness (QED) is 0.576. The van der Waals surface area contributed by atoms with E-state index >= 15 is 0 Å². The monoisotopic (exact) mass is 240 g/mol. The molecule has 0 radical (unpaired) electrons. The summed E-state index contributed by atoms with van der Waals surface area (Å²) in [5, 5.41) is 8.85. The van der Waals surface area contributed by atoms with Gasteiger partial charge in [0.1, 0.15) is 0 Å². The van der Waals surface area contributed by atoms with Gasteiger partial charge in [0.2, 0.25) is 0 Å². The average Bonchev–Trinajstić information content (AvgIpc) is 1.83. The fourth-order valence-corrected chi connectivity index (χ4v) is 2.94. The predicted octanol–water partition coefficient (Wildman–Crippen LogP) is 1.83. The molecule has 0 spiro atoms. The SMILES string of the molecule is CC[C@H]1CC(I)[C@@H]1CO. The minimum absolute atomic E-state index is 0.395. The predicted molar refractivity (Wildman–Crippen MR) is 46.8 cm³/mol.